The number of benzene rings is 2. The van der Waals surface area contributed by atoms with Crippen LogP contribution in [-0.4, -0.2) is 23.2 Å². The lowest BCUT2D eigenvalue weighted by atomic mass is 10.0. The molecule has 4 heteroatoms. The van der Waals surface area contributed by atoms with Gasteiger partial charge in [0.1, 0.15) is 5.71 Å². The van der Waals surface area contributed by atoms with Crippen LogP contribution in [0.25, 0.3) is 10.8 Å². The zero-order valence-corrected chi connectivity index (χ0v) is 9.46. The predicted octanol–water partition coefficient (Wildman–Crippen LogP) is 1.98. The molecule has 0 aliphatic rings. The summed E-state index contributed by atoms with van der Waals surface area (Å²) in [5.41, 5.74) is 0.617. The molecule has 0 saturated heterocycles. The second-order valence-electron chi connectivity index (χ2n) is 3.77. The molecule has 4 nitrogen and oxygen atoms in total. The van der Waals surface area contributed by atoms with Crippen molar-refractivity contribution in [2.45, 2.75) is 6.42 Å². The SMILES string of the molecule is O=[C]/N=C(/Cc1cccc2ccccc12)C(=O)O. The smallest absolute Gasteiger partial charge is 0.350 e. The van der Waals surface area contributed by atoms with E-state index in [-0.39, 0.29) is 12.1 Å². The molecule has 0 bridgehead atoms. The number of carboxylic acid groups (broad SMARTS) is 1. The topological polar surface area (TPSA) is 66.7 Å². The Morgan fingerprint density at radius 3 is 2.61 bits per heavy atom. The first-order chi connectivity index (χ1) is 8.72. The van der Waals surface area contributed by atoms with Gasteiger partial charge in [-0.1, -0.05) is 42.5 Å². The molecule has 0 aliphatic heterocycles. The van der Waals surface area contributed by atoms with Crippen LogP contribution < -0.4 is 0 Å². The summed E-state index contributed by atoms with van der Waals surface area (Å²) >= 11 is 0. The summed E-state index contributed by atoms with van der Waals surface area (Å²) in [4.78, 5) is 24.4. The Morgan fingerprint density at radius 2 is 1.89 bits per heavy atom. The minimum atomic E-state index is -1.20. The Hall–Kier alpha value is -2.49. The van der Waals surface area contributed by atoms with Crippen molar-refractivity contribution in [1.82, 2.24) is 0 Å². The number of hydrogen-bond donors (Lipinski definition) is 1. The third-order valence-electron chi connectivity index (χ3n) is 2.67. The van der Waals surface area contributed by atoms with E-state index in [1.54, 1.807) is 0 Å². The van der Waals surface area contributed by atoms with E-state index in [9.17, 15) is 9.59 Å². The average molecular weight is 240 g/mol. The van der Waals surface area contributed by atoms with Gasteiger partial charge in [0.25, 0.3) is 0 Å². The number of aliphatic carboxylic acids is 1. The standard InChI is InChI=1S/C14H10NO3/c16-9-15-13(14(17)18)8-11-6-3-5-10-4-1-2-7-12(10)11/h1-7H,8H2,(H,17,18)/b15-13-. The van der Waals surface area contributed by atoms with Gasteiger partial charge in [-0.05, 0) is 16.3 Å². The quantitative estimate of drug-likeness (QED) is 0.831. The minimum Gasteiger partial charge on any atom is -0.477 e. The van der Waals surface area contributed by atoms with Crippen molar-refractivity contribution in [2.75, 3.05) is 0 Å². The maximum atomic E-state index is 10.9. The minimum absolute atomic E-state index is 0.103. The van der Waals surface area contributed by atoms with E-state index in [0.29, 0.717) is 0 Å². The second kappa shape index (κ2) is 5.23. The summed E-state index contributed by atoms with van der Waals surface area (Å²) in [7, 11) is 0. The molecule has 0 spiro atoms. The van der Waals surface area contributed by atoms with Gasteiger partial charge < -0.3 is 5.11 Å². The molecule has 1 amide bonds. The van der Waals surface area contributed by atoms with Crippen molar-refractivity contribution >= 4 is 28.9 Å². The number of carbonyl (C=O) groups excluding carboxylic acids is 1. The highest BCUT2D eigenvalue weighted by molar-refractivity contribution is 6.37. The molecule has 89 valence electrons. The number of nitrogens with zero attached hydrogens (tertiary/aromatic N) is 1. The van der Waals surface area contributed by atoms with Crippen molar-refractivity contribution in [3.63, 3.8) is 0 Å². The predicted molar refractivity (Wildman–Crippen MR) is 68.4 cm³/mol. The van der Waals surface area contributed by atoms with Crippen LogP contribution in [0.3, 0.4) is 0 Å². The Bertz CT molecular complexity index is 626. The van der Waals surface area contributed by atoms with Crippen LogP contribution in [0.1, 0.15) is 5.56 Å². The highest BCUT2D eigenvalue weighted by atomic mass is 16.4. The van der Waals surface area contributed by atoms with E-state index in [4.69, 9.17) is 5.11 Å². The molecular weight excluding hydrogens is 230 g/mol. The lowest BCUT2D eigenvalue weighted by Crippen LogP contribution is -2.16. The molecule has 0 fully saturated rings. The van der Waals surface area contributed by atoms with Crippen LogP contribution in [-0.2, 0) is 16.0 Å². The third kappa shape index (κ3) is 2.43. The van der Waals surface area contributed by atoms with Gasteiger partial charge in [-0.15, -0.1) is 0 Å². The molecule has 2 aromatic carbocycles. The lowest BCUT2D eigenvalue weighted by molar-refractivity contribution is -0.129. The summed E-state index contributed by atoms with van der Waals surface area (Å²) in [5.74, 6) is -1.20. The summed E-state index contributed by atoms with van der Waals surface area (Å²) in [6.07, 6.45) is 1.38. The van der Waals surface area contributed by atoms with Gasteiger partial charge in [0.15, 0.2) is 0 Å². The van der Waals surface area contributed by atoms with Gasteiger partial charge in [0.2, 0.25) is 0 Å². The summed E-state index contributed by atoms with van der Waals surface area (Å²) < 4.78 is 0. The number of aliphatic imine (C=N–C) groups is 1. The van der Waals surface area contributed by atoms with E-state index in [1.165, 1.54) is 6.41 Å². The molecule has 18 heavy (non-hydrogen) atoms. The monoisotopic (exact) mass is 240 g/mol. The van der Waals surface area contributed by atoms with Gasteiger partial charge in [-0.2, -0.15) is 0 Å². The second-order valence-corrected chi connectivity index (χ2v) is 3.77. The van der Waals surface area contributed by atoms with Crippen LogP contribution in [0.5, 0.6) is 0 Å². The third-order valence-corrected chi connectivity index (χ3v) is 2.67. The maximum Gasteiger partial charge on any atom is 0.350 e. The molecule has 0 unspecified atom stereocenters. The van der Waals surface area contributed by atoms with Crippen LogP contribution in [0.15, 0.2) is 47.5 Å². The Balaban J connectivity index is 2.46. The molecule has 0 heterocycles. The molecule has 2 aromatic rings. The number of hydrogen-bond acceptors (Lipinski definition) is 2. The molecular formula is C14H10NO3. The highest BCUT2D eigenvalue weighted by Gasteiger charge is 2.12. The van der Waals surface area contributed by atoms with Gasteiger partial charge in [0, 0.05) is 6.42 Å². The van der Waals surface area contributed by atoms with E-state index in [2.05, 4.69) is 4.99 Å². The summed E-state index contributed by atoms with van der Waals surface area (Å²) in [6.45, 7) is 0. The average Bonchev–Trinajstić information content (AvgIpc) is 2.38. The number of carbonyl (C=O) groups is 1. The molecule has 2 rings (SSSR count). The van der Waals surface area contributed by atoms with E-state index in [0.717, 1.165) is 16.3 Å². The van der Waals surface area contributed by atoms with Gasteiger partial charge >= 0.3 is 12.4 Å². The maximum absolute atomic E-state index is 10.9. The van der Waals surface area contributed by atoms with E-state index >= 15 is 0 Å². The molecule has 1 radical (unpaired) electrons. The fraction of sp³-hybridized carbons (Fsp3) is 0.0714. The zero-order valence-electron chi connectivity index (χ0n) is 9.46. The van der Waals surface area contributed by atoms with Crippen molar-refractivity contribution in [3.8, 4) is 0 Å². The molecule has 0 aliphatic carbocycles. The highest BCUT2D eigenvalue weighted by Crippen LogP contribution is 2.19. The molecule has 0 aromatic heterocycles. The van der Waals surface area contributed by atoms with Crippen molar-refractivity contribution in [2.24, 2.45) is 4.99 Å². The Morgan fingerprint density at radius 1 is 1.17 bits per heavy atom. The van der Waals surface area contributed by atoms with Crippen LogP contribution in [0.2, 0.25) is 0 Å². The van der Waals surface area contributed by atoms with Crippen molar-refractivity contribution in [1.29, 1.82) is 0 Å². The number of fused-ring (bicyclic) bond motifs is 1. The van der Waals surface area contributed by atoms with Crippen molar-refractivity contribution in [3.05, 3.63) is 48.0 Å². The van der Waals surface area contributed by atoms with Gasteiger partial charge in [-0.25, -0.2) is 9.79 Å². The lowest BCUT2D eigenvalue weighted by Gasteiger charge is -2.05. The van der Waals surface area contributed by atoms with Crippen molar-refractivity contribution < 1.29 is 14.7 Å². The Labute approximate surface area is 104 Å². The van der Waals surface area contributed by atoms with E-state index < -0.39 is 5.97 Å². The number of carboxylic acids is 1. The molecule has 0 atom stereocenters. The first-order valence-corrected chi connectivity index (χ1v) is 5.36. The van der Waals surface area contributed by atoms with E-state index in [1.807, 2.05) is 42.5 Å². The Kier molecular flexibility index (Phi) is 3.48. The fourth-order valence-corrected chi connectivity index (χ4v) is 1.85. The summed E-state index contributed by atoms with van der Waals surface area (Å²) in [5, 5.41) is 10.9. The number of rotatable bonds is 4. The largest absolute Gasteiger partial charge is 0.477 e. The molecule has 0 saturated carbocycles. The van der Waals surface area contributed by atoms with Gasteiger partial charge in [0.05, 0.1) is 0 Å². The first-order valence-electron chi connectivity index (χ1n) is 5.36. The molecule has 1 N–H and O–H groups in total. The van der Waals surface area contributed by atoms with Gasteiger partial charge in [-0.3, -0.25) is 4.79 Å². The first kappa shape index (κ1) is 12.0. The normalized spacial score (nSPS) is 11.4. The number of amides is 1. The van der Waals surface area contributed by atoms with Crippen LogP contribution in [0, 0.1) is 0 Å². The van der Waals surface area contributed by atoms with Crippen LogP contribution >= 0.6 is 0 Å². The summed E-state index contributed by atoms with van der Waals surface area (Å²) in [6, 6.07) is 13.3. The van der Waals surface area contributed by atoms with Crippen LogP contribution in [0.4, 0.5) is 0 Å². The fourth-order valence-electron chi connectivity index (χ4n) is 1.85. The zero-order chi connectivity index (χ0) is 13.0.